The number of benzene rings is 1. The van der Waals surface area contributed by atoms with Crippen molar-refractivity contribution in [3.8, 4) is 0 Å². The number of methoxy groups -OCH3 is 4. The molecule has 1 spiro atoms. The first-order chi connectivity index (χ1) is 19.7. The number of carbonyl (C=O) groups is 2. The molecule has 1 saturated heterocycles. The van der Waals surface area contributed by atoms with Crippen molar-refractivity contribution < 1.29 is 43.5 Å². The maximum absolute atomic E-state index is 14.4. The van der Waals surface area contributed by atoms with Crippen LogP contribution in [0.5, 0.6) is 0 Å². The molecule has 1 heterocycles. The molecule has 1 unspecified atom stereocenters. The van der Waals surface area contributed by atoms with E-state index >= 15 is 0 Å². The van der Waals surface area contributed by atoms with E-state index in [-0.39, 0.29) is 48.2 Å². The Labute approximate surface area is 240 Å². The number of Topliss-reactive ketones (excluding diaryl/α,β-unsaturated/α-hetero) is 1. The van der Waals surface area contributed by atoms with Crippen LogP contribution in [0.3, 0.4) is 0 Å². The van der Waals surface area contributed by atoms with Crippen LogP contribution < -0.4 is 0 Å². The van der Waals surface area contributed by atoms with Gasteiger partial charge in [-0.05, 0) is 31.5 Å². The summed E-state index contributed by atoms with van der Waals surface area (Å²) < 4.78 is 30.5. The van der Waals surface area contributed by atoms with Crippen LogP contribution in [0, 0.1) is 40.4 Å². The third-order valence-electron chi connectivity index (χ3n) is 12.2. The number of ketones is 1. The molecule has 1 aliphatic heterocycles. The average Bonchev–Trinajstić information content (AvgIpc) is 3.32. The fourth-order valence-electron chi connectivity index (χ4n) is 11.6. The van der Waals surface area contributed by atoms with Crippen LogP contribution in [-0.2, 0) is 28.5 Å². The molecule has 2 N–H and O–H groups in total. The smallest absolute Gasteiger partial charge is 0.338 e. The van der Waals surface area contributed by atoms with E-state index < -0.39 is 52.5 Å². The monoisotopic (exact) mass is 571 g/mol. The highest BCUT2D eigenvalue weighted by Gasteiger charge is 2.87. The largest absolute Gasteiger partial charge is 0.455 e. The molecule has 0 radical (unpaired) electrons. The van der Waals surface area contributed by atoms with Gasteiger partial charge in [0.2, 0.25) is 0 Å². The van der Waals surface area contributed by atoms with E-state index in [1.807, 2.05) is 6.07 Å². The van der Waals surface area contributed by atoms with E-state index in [0.29, 0.717) is 25.1 Å². The summed E-state index contributed by atoms with van der Waals surface area (Å²) in [6.07, 6.45) is -2.91. The molecule has 41 heavy (non-hydrogen) atoms. The molecule has 14 atom stereocenters. The van der Waals surface area contributed by atoms with E-state index in [4.69, 9.17) is 23.7 Å². The third kappa shape index (κ3) is 3.12. The molecule has 10 heteroatoms. The topological polar surface area (TPSA) is 124 Å². The molecular weight excluding hydrogens is 530 g/mol. The van der Waals surface area contributed by atoms with Crippen molar-refractivity contribution in [3.63, 3.8) is 0 Å². The highest BCUT2D eigenvalue weighted by Crippen LogP contribution is 2.78. The van der Waals surface area contributed by atoms with E-state index in [9.17, 15) is 19.8 Å². The number of ether oxygens (including phenoxy) is 5. The minimum Gasteiger partial charge on any atom is -0.455 e. The first-order valence-corrected chi connectivity index (χ1v) is 14.6. The van der Waals surface area contributed by atoms with Crippen molar-refractivity contribution in [2.75, 3.05) is 48.6 Å². The number of likely N-dealkylation sites (tertiary alicyclic amines) is 1. The van der Waals surface area contributed by atoms with Crippen molar-refractivity contribution in [2.45, 2.75) is 55.0 Å². The summed E-state index contributed by atoms with van der Waals surface area (Å²) in [6, 6.07) is 8.62. The summed E-state index contributed by atoms with van der Waals surface area (Å²) in [4.78, 5) is 30.1. The Morgan fingerprint density at radius 1 is 1.07 bits per heavy atom. The normalized spacial score (nSPS) is 51.1. The molecule has 7 bridgehead atoms. The predicted molar refractivity (Wildman–Crippen MR) is 144 cm³/mol. The van der Waals surface area contributed by atoms with Gasteiger partial charge in [0.1, 0.15) is 17.8 Å². The van der Waals surface area contributed by atoms with Gasteiger partial charge in [0.05, 0.1) is 30.5 Å². The molecule has 10 nitrogen and oxygen atoms in total. The molecule has 5 aliphatic carbocycles. The van der Waals surface area contributed by atoms with Gasteiger partial charge in [0, 0.05) is 81.9 Å². The Balaban J connectivity index is 1.44. The van der Waals surface area contributed by atoms with Crippen LogP contribution in [0.2, 0.25) is 0 Å². The average molecular weight is 572 g/mol. The second-order valence-corrected chi connectivity index (χ2v) is 13.4. The summed E-state index contributed by atoms with van der Waals surface area (Å²) >= 11 is 0. The van der Waals surface area contributed by atoms with Crippen molar-refractivity contribution in [2.24, 2.45) is 40.4 Å². The lowest BCUT2D eigenvalue weighted by Crippen LogP contribution is -2.76. The Kier molecular flexibility index (Phi) is 6.32. The van der Waals surface area contributed by atoms with Gasteiger partial charge in [0.15, 0.2) is 5.78 Å². The standard InChI is InChI=1S/C31H41NO9/c1-32-13-29(14-37-2)17(33)11-18(38-3)31-16-12-30(36)26(41-28(35)15-9-7-6-8-10-15)19(16)20(22(34)27(30)40-5)21(25(31)32)23(39-4)24(29)31/h6-10,16-21,23-27,33,36H,11-14H2,1-5H3/t16-,17?,18+,19+,20+,21+,23+,24-,25-,26-,27+,29+,30+,31+/m1/s1. The van der Waals surface area contributed by atoms with E-state index in [2.05, 4.69) is 11.9 Å². The lowest BCUT2D eigenvalue weighted by molar-refractivity contribution is -0.277. The van der Waals surface area contributed by atoms with Gasteiger partial charge in [0.25, 0.3) is 0 Å². The first-order valence-electron chi connectivity index (χ1n) is 14.6. The second kappa shape index (κ2) is 9.29. The molecule has 0 aromatic heterocycles. The SMILES string of the molecule is COC[C@]12CN(C)[C@@H]3[C@@H]4[C@H](OC)[C@H]1[C@@]3([C@@H](OC)CC2O)[C@@H]1C[C@]2(O)[C@H](OC(=O)c3ccccc3)[C@@H]1[C@@H]4C(=O)[C@@H]2OC. The number of carbonyl (C=O) groups excluding carboxylic acids is 2. The van der Waals surface area contributed by atoms with Crippen LogP contribution in [0.25, 0.3) is 0 Å². The van der Waals surface area contributed by atoms with Gasteiger partial charge >= 0.3 is 5.97 Å². The zero-order valence-electron chi connectivity index (χ0n) is 24.3. The lowest BCUT2D eigenvalue weighted by atomic mass is 9.43. The number of fused-ring (bicyclic) bond motifs is 2. The molecule has 1 aromatic carbocycles. The second-order valence-electron chi connectivity index (χ2n) is 13.4. The van der Waals surface area contributed by atoms with Crippen LogP contribution in [0.15, 0.2) is 30.3 Å². The van der Waals surface area contributed by atoms with Gasteiger partial charge in [-0.1, -0.05) is 18.2 Å². The Hall–Kier alpha value is -1.92. The van der Waals surface area contributed by atoms with Gasteiger partial charge in [-0.2, -0.15) is 0 Å². The molecular formula is C31H41NO9. The minimum atomic E-state index is -1.70. The van der Waals surface area contributed by atoms with Gasteiger partial charge in [-0.3, -0.25) is 4.79 Å². The Bertz CT molecular complexity index is 1230. The number of aliphatic hydroxyl groups is 2. The van der Waals surface area contributed by atoms with Gasteiger partial charge < -0.3 is 38.8 Å². The van der Waals surface area contributed by atoms with Crippen LogP contribution in [0.1, 0.15) is 23.2 Å². The highest BCUT2D eigenvalue weighted by atomic mass is 16.6. The number of hydrogen-bond acceptors (Lipinski definition) is 10. The van der Waals surface area contributed by atoms with Crippen LogP contribution in [-0.4, -0.2) is 118 Å². The summed E-state index contributed by atoms with van der Waals surface area (Å²) in [5.41, 5.74) is -2.57. The molecule has 6 fully saturated rings. The number of nitrogens with zero attached hydrogens (tertiary/aromatic N) is 1. The van der Waals surface area contributed by atoms with Crippen molar-refractivity contribution in [3.05, 3.63) is 35.9 Å². The van der Waals surface area contributed by atoms with E-state index in [1.54, 1.807) is 45.6 Å². The van der Waals surface area contributed by atoms with Crippen molar-refractivity contribution in [1.29, 1.82) is 0 Å². The Morgan fingerprint density at radius 3 is 2.44 bits per heavy atom. The molecule has 6 aliphatic rings. The Morgan fingerprint density at radius 2 is 1.80 bits per heavy atom. The fourth-order valence-corrected chi connectivity index (χ4v) is 11.6. The summed E-state index contributed by atoms with van der Waals surface area (Å²) in [5.74, 6) is -2.44. The molecule has 224 valence electrons. The number of hydrogen-bond donors (Lipinski definition) is 2. The molecule has 1 aromatic rings. The van der Waals surface area contributed by atoms with Crippen molar-refractivity contribution >= 4 is 11.8 Å². The van der Waals surface area contributed by atoms with E-state index in [1.165, 1.54) is 7.11 Å². The van der Waals surface area contributed by atoms with Gasteiger partial charge in [-0.25, -0.2) is 4.79 Å². The summed E-state index contributed by atoms with van der Waals surface area (Å²) in [7, 11) is 8.50. The molecule has 7 rings (SSSR count). The number of rotatable bonds is 7. The fraction of sp³-hybridized carbons (Fsp3) is 0.742. The quantitative estimate of drug-likeness (QED) is 0.454. The summed E-state index contributed by atoms with van der Waals surface area (Å²) in [6.45, 7) is 0.919. The molecule has 5 saturated carbocycles. The molecule has 0 amide bonds. The maximum atomic E-state index is 14.4. The number of esters is 1. The lowest BCUT2D eigenvalue weighted by Gasteiger charge is -2.68. The number of piperidine rings is 1. The van der Waals surface area contributed by atoms with E-state index in [0.717, 1.165) is 0 Å². The minimum absolute atomic E-state index is 0.0986. The van der Waals surface area contributed by atoms with Gasteiger partial charge in [-0.15, -0.1) is 0 Å². The third-order valence-corrected chi connectivity index (χ3v) is 12.2. The highest BCUT2D eigenvalue weighted by molar-refractivity contribution is 5.92. The summed E-state index contributed by atoms with van der Waals surface area (Å²) in [5, 5.41) is 24.2. The van der Waals surface area contributed by atoms with Crippen LogP contribution >= 0.6 is 0 Å². The zero-order valence-corrected chi connectivity index (χ0v) is 24.3. The van der Waals surface area contributed by atoms with Crippen LogP contribution in [0.4, 0.5) is 0 Å². The number of aliphatic hydroxyl groups excluding tert-OH is 1. The first kappa shape index (κ1) is 27.9. The zero-order chi connectivity index (χ0) is 29.1. The van der Waals surface area contributed by atoms with Crippen molar-refractivity contribution in [1.82, 2.24) is 4.90 Å². The predicted octanol–water partition coefficient (Wildman–Crippen LogP) is 0.781. The maximum Gasteiger partial charge on any atom is 0.338 e.